The summed E-state index contributed by atoms with van der Waals surface area (Å²) >= 11 is 7.37. The zero-order chi connectivity index (χ0) is 15.1. The van der Waals surface area contributed by atoms with Crippen molar-refractivity contribution in [2.24, 2.45) is 0 Å². The number of halogens is 1. The normalized spacial score (nSPS) is 11.8. The van der Waals surface area contributed by atoms with E-state index in [-0.39, 0.29) is 5.56 Å². The number of methoxy groups -OCH3 is 1. The molecular weight excluding hydrogens is 302 g/mol. The second-order valence-corrected chi connectivity index (χ2v) is 5.41. The quantitative estimate of drug-likeness (QED) is 0.807. The Bertz CT molecular complexity index is 495. The van der Waals surface area contributed by atoms with Crippen LogP contribution in [0.1, 0.15) is 16.8 Å². The number of carbonyl (C=O) groups is 2. The first kappa shape index (κ1) is 16.7. The Hall–Kier alpha value is -1.40. The molecule has 0 saturated carbocycles. The second kappa shape index (κ2) is 8.01. The maximum atomic E-state index is 12.1. The summed E-state index contributed by atoms with van der Waals surface area (Å²) in [4.78, 5) is 23.2. The van der Waals surface area contributed by atoms with Crippen LogP contribution in [0.2, 0.25) is 5.02 Å². The lowest BCUT2D eigenvalue weighted by atomic mass is 10.1. The average Bonchev–Trinajstić information content (AvgIpc) is 2.42. The number of rotatable bonds is 7. The summed E-state index contributed by atoms with van der Waals surface area (Å²) in [5, 5.41) is 12.0. The van der Waals surface area contributed by atoms with E-state index in [0.717, 1.165) is 0 Å². The third kappa shape index (κ3) is 4.61. The molecular formula is C13H16ClNO4S. The van der Waals surface area contributed by atoms with Gasteiger partial charge in [-0.1, -0.05) is 11.6 Å². The molecule has 0 heterocycles. The number of hydrogen-bond acceptors (Lipinski definition) is 4. The Morgan fingerprint density at radius 3 is 2.75 bits per heavy atom. The minimum atomic E-state index is -1.06. The van der Waals surface area contributed by atoms with Gasteiger partial charge in [-0.15, -0.1) is 0 Å². The minimum Gasteiger partial charge on any atom is -0.496 e. The summed E-state index contributed by atoms with van der Waals surface area (Å²) in [6.07, 6.45) is 2.23. The highest BCUT2D eigenvalue weighted by molar-refractivity contribution is 7.98. The lowest BCUT2D eigenvalue weighted by molar-refractivity contribution is -0.139. The largest absolute Gasteiger partial charge is 0.496 e. The second-order valence-electron chi connectivity index (χ2n) is 3.99. The van der Waals surface area contributed by atoms with Crippen molar-refractivity contribution in [1.82, 2.24) is 5.32 Å². The number of carboxylic acid groups (broad SMARTS) is 1. The lowest BCUT2D eigenvalue weighted by Gasteiger charge is -2.15. The summed E-state index contributed by atoms with van der Waals surface area (Å²) in [5.41, 5.74) is 0.218. The van der Waals surface area contributed by atoms with E-state index in [4.69, 9.17) is 21.4 Å². The molecule has 1 aromatic rings. The fourth-order valence-corrected chi connectivity index (χ4v) is 2.23. The molecule has 2 N–H and O–H groups in total. The number of benzene rings is 1. The van der Waals surface area contributed by atoms with E-state index in [1.807, 2.05) is 6.26 Å². The summed E-state index contributed by atoms with van der Waals surface area (Å²) < 4.78 is 5.07. The molecule has 110 valence electrons. The van der Waals surface area contributed by atoms with Gasteiger partial charge in [0, 0.05) is 5.02 Å². The molecule has 0 spiro atoms. The van der Waals surface area contributed by atoms with E-state index in [1.165, 1.54) is 24.9 Å². The first-order valence-electron chi connectivity index (χ1n) is 5.85. The van der Waals surface area contributed by atoms with Crippen molar-refractivity contribution in [3.05, 3.63) is 28.8 Å². The molecule has 1 rings (SSSR count). The molecule has 20 heavy (non-hydrogen) atoms. The number of ether oxygens (including phenoxy) is 1. The highest BCUT2D eigenvalue weighted by Crippen LogP contribution is 2.22. The van der Waals surface area contributed by atoms with Gasteiger partial charge in [0.15, 0.2) is 0 Å². The first-order valence-corrected chi connectivity index (χ1v) is 7.63. The van der Waals surface area contributed by atoms with Gasteiger partial charge in [0.1, 0.15) is 11.8 Å². The number of nitrogens with one attached hydrogen (secondary N) is 1. The predicted molar refractivity (Wildman–Crippen MR) is 79.9 cm³/mol. The maximum absolute atomic E-state index is 12.1. The van der Waals surface area contributed by atoms with Gasteiger partial charge >= 0.3 is 5.97 Å². The molecule has 1 unspecified atom stereocenters. The Kier molecular flexibility index (Phi) is 6.67. The molecule has 7 heteroatoms. The van der Waals surface area contributed by atoms with Crippen molar-refractivity contribution in [3.63, 3.8) is 0 Å². The summed E-state index contributed by atoms with van der Waals surface area (Å²) in [5.74, 6) is -0.587. The Morgan fingerprint density at radius 2 is 2.20 bits per heavy atom. The van der Waals surface area contributed by atoms with Crippen LogP contribution in [0.3, 0.4) is 0 Å². The van der Waals surface area contributed by atoms with Crippen LogP contribution in [0.4, 0.5) is 0 Å². The van der Waals surface area contributed by atoms with Gasteiger partial charge in [0.05, 0.1) is 12.7 Å². The van der Waals surface area contributed by atoms with E-state index >= 15 is 0 Å². The molecule has 0 fully saturated rings. The molecule has 1 atom stereocenters. The van der Waals surface area contributed by atoms with Crippen LogP contribution in [-0.2, 0) is 4.79 Å². The molecule has 1 amide bonds. The monoisotopic (exact) mass is 317 g/mol. The van der Waals surface area contributed by atoms with Gasteiger partial charge in [-0.3, -0.25) is 4.79 Å². The van der Waals surface area contributed by atoms with Crippen LogP contribution in [0.25, 0.3) is 0 Å². The Balaban J connectivity index is 2.88. The molecule has 0 aliphatic rings. The number of amides is 1. The zero-order valence-corrected chi connectivity index (χ0v) is 12.8. The van der Waals surface area contributed by atoms with Crippen molar-refractivity contribution in [3.8, 4) is 5.75 Å². The van der Waals surface area contributed by atoms with Crippen LogP contribution in [0, 0.1) is 0 Å². The van der Waals surface area contributed by atoms with Gasteiger partial charge in [-0.25, -0.2) is 4.79 Å². The summed E-state index contributed by atoms with van der Waals surface area (Å²) in [6.45, 7) is 0. The first-order chi connectivity index (χ1) is 9.49. The van der Waals surface area contributed by atoms with Gasteiger partial charge < -0.3 is 15.2 Å². The molecule has 5 nitrogen and oxygen atoms in total. The molecule has 0 saturated heterocycles. The van der Waals surface area contributed by atoms with E-state index in [9.17, 15) is 9.59 Å². The van der Waals surface area contributed by atoms with Crippen molar-refractivity contribution in [2.45, 2.75) is 12.5 Å². The van der Waals surface area contributed by atoms with E-state index < -0.39 is 17.9 Å². The zero-order valence-electron chi connectivity index (χ0n) is 11.2. The Labute approximate surface area is 126 Å². The number of aliphatic carboxylic acids is 1. The fourth-order valence-electron chi connectivity index (χ4n) is 1.59. The topological polar surface area (TPSA) is 75.6 Å². The van der Waals surface area contributed by atoms with Crippen molar-refractivity contribution in [1.29, 1.82) is 0 Å². The van der Waals surface area contributed by atoms with E-state index in [1.54, 1.807) is 12.1 Å². The standard InChI is InChI=1S/C13H16ClNO4S/c1-19-11-4-3-8(14)7-9(11)12(16)15-10(13(17)18)5-6-20-2/h3-4,7,10H,5-6H2,1-2H3,(H,15,16)(H,17,18). The van der Waals surface area contributed by atoms with Crippen LogP contribution >= 0.6 is 23.4 Å². The number of carbonyl (C=O) groups excluding carboxylic acids is 1. The summed E-state index contributed by atoms with van der Waals surface area (Å²) in [7, 11) is 1.43. The van der Waals surface area contributed by atoms with Crippen molar-refractivity contribution < 1.29 is 19.4 Å². The van der Waals surface area contributed by atoms with Gasteiger partial charge in [-0.05, 0) is 36.6 Å². The third-order valence-electron chi connectivity index (χ3n) is 2.62. The molecule has 0 bridgehead atoms. The average molecular weight is 318 g/mol. The van der Waals surface area contributed by atoms with E-state index in [0.29, 0.717) is 22.9 Å². The highest BCUT2D eigenvalue weighted by Gasteiger charge is 2.22. The molecule has 0 aromatic heterocycles. The van der Waals surface area contributed by atoms with Crippen molar-refractivity contribution >= 4 is 35.2 Å². The predicted octanol–water partition coefficient (Wildman–Crippen LogP) is 2.28. The number of carboxylic acids is 1. The lowest BCUT2D eigenvalue weighted by Crippen LogP contribution is -2.41. The molecule has 0 aliphatic carbocycles. The van der Waals surface area contributed by atoms with Crippen LogP contribution in [0.5, 0.6) is 5.75 Å². The number of thioether (sulfide) groups is 1. The van der Waals surface area contributed by atoms with Gasteiger partial charge in [0.25, 0.3) is 5.91 Å². The van der Waals surface area contributed by atoms with Gasteiger partial charge in [0.2, 0.25) is 0 Å². The molecule has 0 aliphatic heterocycles. The summed E-state index contributed by atoms with van der Waals surface area (Å²) in [6, 6.07) is 3.68. The fraction of sp³-hybridized carbons (Fsp3) is 0.385. The smallest absolute Gasteiger partial charge is 0.326 e. The van der Waals surface area contributed by atoms with Crippen LogP contribution in [0.15, 0.2) is 18.2 Å². The van der Waals surface area contributed by atoms with Crippen molar-refractivity contribution in [2.75, 3.05) is 19.1 Å². The van der Waals surface area contributed by atoms with E-state index in [2.05, 4.69) is 5.32 Å². The molecule has 1 aromatic carbocycles. The molecule has 0 radical (unpaired) electrons. The minimum absolute atomic E-state index is 0.218. The third-order valence-corrected chi connectivity index (χ3v) is 3.50. The van der Waals surface area contributed by atoms with Crippen LogP contribution in [-0.4, -0.2) is 42.1 Å². The maximum Gasteiger partial charge on any atom is 0.326 e. The van der Waals surface area contributed by atoms with Gasteiger partial charge in [-0.2, -0.15) is 11.8 Å². The Morgan fingerprint density at radius 1 is 1.50 bits per heavy atom. The highest BCUT2D eigenvalue weighted by atomic mass is 35.5. The van der Waals surface area contributed by atoms with Crippen LogP contribution < -0.4 is 10.1 Å². The number of hydrogen-bond donors (Lipinski definition) is 2. The SMILES string of the molecule is COc1ccc(Cl)cc1C(=O)NC(CCSC)C(=O)O.